The van der Waals surface area contributed by atoms with Gasteiger partial charge in [0.2, 0.25) is 5.91 Å². The van der Waals surface area contributed by atoms with Gasteiger partial charge in [0.1, 0.15) is 28.3 Å². The van der Waals surface area contributed by atoms with Crippen molar-refractivity contribution in [3.05, 3.63) is 65.1 Å². The standard InChI is InChI=1S/C24H23N5O4S/c1-32-18-10-6-5-9-17(18)25-19(30)15-29-22-21(27-24(34-22)28-11-13-33-14-12-28)20(26-23(29)31)16-7-3-2-4-8-16/h2-10H,11-15H2,1H3,(H,25,30). The van der Waals surface area contributed by atoms with E-state index in [4.69, 9.17) is 14.5 Å². The highest BCUT2D eigenvalue weighted by atomic mass is 32.1. The van der Waals surface area contributed by atoms with Gasteiger partial charge in [-0.15, -0.1) is 0 Å². The van der Waals surface area contributed by atoms with E-state index in [9.17, 15) is 9.59 Å². The zero-order valence-corrected chi connectivity index (χ0v) is 19.4. The SMILES string of the molecule is COc1ccccc1NC(=O)Cn1c(=O)nc(-c2ccccc2)c2nc(N3CCOCC3)sc21. The summed E-state index contributed by atoms with van der Waals surface area (Å²) in [6.07, 6.45) is 0. The van der Waals surface area contributed by atoms with Crippen molar-refractivity contribution in [1.29, 1.82) is 0 Å². The molecule has 174 valence electrons. The minimum atomic E-state index is -0.501. The number of aromatic nitrogens is 3. The normalized spacial score (nSPS) is 13.7. The number of ether oxygens (including phenoxy) is 2. The maximum absolute atomic E-state index is 13.1. The lowest BCUT2D eigenvalue weighted by Gasteiger charge is -2.25. The average molecular weight is 478 g/mol. The second-order valence-corrected chi connectivity index (χ2v) is 8.65. The molecule has 1 amide bonds. The summed E-state index contributed by atoms with van der Waals surface area (Å²) in [6, 6.07) is 16.6. The fourth-order valence-electron chi connectivity index (χ4n) is 3.84. The van der Waals surface area contributed by atoms with E-state index < -0.39 is 5.69 Å². The van der Waals surface area contributed by atoms with Crippen molar-refractivity contribution in [3.8, 4) is 17.0 Å². The first-order valence-corrected chi connectivity index (χ1v) is 11.7. The molecule has 1 aliphatic rings. The van der Waals surface area contributed by atoms with Gasteiger partial charge >= 0.3 is 5.69 Å². The van der Waals surface area contributed by atoms with Crippen LogP contribution >= 0.6 is 11.3 Å². The van der Waals surface area contributed by atoms with Gasteiger partial charge in [-0.1, -0.05) is 53.8 Å². The first-order valence-electron chi connectivity index (χ1n) is 10.9. The van der Waals surface area contributed by atoms with Crippen LogP contribution in [0.25, 0.3) is 21.6 Å². The molecule has 9 nitrogen and oxygen atoms in total. The summed E-state index contributed by atoms with van der Waals surface area (Å²) in [5, 5.41) is 3.60. The molecule has 5 rings (SSSR count). The molecular formula is C24H23N5O4S. The van der Waals surface area contributed by atoms with E-state index in [2.05, 4.69) is 15.2 Å². The maximum Gasteiger partial charge on any atom is 0.349 e. The molecule has 10 heteroatoms. The van der Waals surface area contributed by atoms with Crippen LogP contribution < -0.4 is 20.6 Å². The number of para-hydroxylation sites is 2. The summed E-state index contributed by atoms with van der Waals surface area (Å²) >= 11 is 1.39. The summed E-state index contributed by atoms with van der Waals surface area (Å²) in [4.78, 5) is 37.9. The van der Waals surface area contributed by atoms with Crippen molar-refractivity contribution >= 4 is 38.4 Å². The number of nitrogens with one attached hydrogen (secondary N) is 1. The Balaban J connectivity index is 1.56. The first-order chi connectivity index (χ1) is 16.6. The van der Waals surface area contributed by atoms with Crippen molar-refractivity contribution in [2.75, 3.05) is 43.6 Å². The van der Waals surface area contributed by atoms with E-state index in [-0.39, 0.29) is 12.5 Å². The summed E-state index contributed by atoms with van der Waals surface area (Å²) < 4.78 is 12.2. The Labute approximate surface area is 199 Å². The number of methoxy groups -OCH3 is 1. The molecule has 0 bridgehead atoms. The number of nitrogens with zero attached hydrogens (tertiary/aromatic N) is 4. The van der Waals surface area contributed by atoms with Gasteiger partial charge in [-0.25, -0.2) is 9.78 Å². The molecule has 2 aromatic carbocycles. The Kier molecular flexibility index (Phi) is 6.24. The topological polar surface area (TPSA) is 98.6 Å². The fourth-order valence-corrected chi connectivity index (χ4v) is 4.96. The minimum Gasteiger partial charge on any atom is -0.495 e. The van der Waals surface area contributed by atoms with E-state index in [0.717, 1.165) is 10.7 Å². The summed E-state index contributed by atoms with van der Waals surface area (Å²) in [6.45, 7) is 2.47. The highest BCUT2D eigenvalue weighted by Crippen LogP contribution is 2.33. The van der Waals surface area contributed by atoms with Crippen molar-refractivity contribution in [1.82, 2.24) is 14.5 Å². The second kappa shape index (κ2) is 9.62. The highest BCUT2D eigenvalue weighted by molar-refractivity contribution is 7.22. The van der Waals surface area contributed by atoms with Gasteiger partial charge < -0.3 is 19.7 Å². The van der Waals surface area contributed by atoms with Crippen LogP contribution in [0.2, 0.25) is 0 Å². The number of amides is 1. The van der Waals surface area contributed by atoms with Gasteiger partial charge in [-0.2, -0.15) is 4.98 Å². The summed E-state index contributed by atoms with van der Waals surface area (Å²) in [7, 11) is 1.54. The lowest BCUT2D eigenvalue weighted by atomic mass is 10.1. The highest BCUT2D eigenvalue weighted by Gasteiger charge is 2.22. The van der Waals surface area contributed by atoms with Gasteiger partial charge in [0.25, 0.3) is 0 Å². The fraction of sp³-hybridized carbons (Fsp3) is 0.250. The third-order valence-electron chi connectivity index (χ3n) is 5.52. The van der Waals surface area contributed by atoms with Crippen molar-refractivity contribution in [3.63, 3.8) is 0 Å². The number of rotatable bonds is 6. The van der Waals surface area contributed by atoms with Crippen LogP contribution in [0.5, 0.6) is 5.75 Å². The van der Waals surface area contributed by atoms with Crippen LogP contribution in [-0.2, 0) is 16.1 Å². The van der Waals surface area contributed by atoms with Crippen molar-refractivity contribution in [2.45, 2.75) is 6.54 Å². The zero-order valence-electron chi connectivity index (χ0n) is 18.6. The quantitative estimate of drug-likeness (QED) is 0.456. The Bertz CT molecular complexity index is 1380. The molecule has 1 N–H and O–H groups in total. The van der Waals surface area contributed by atoms with E-state index in [1.807, 2.05) is 36.4 Å². The third kappa shape index (κ3) is 4.37. The minimum absolute atomic E-state index is 0.194. The van der Waals surface area contributed by atoms with Crippen molar-refractivity contribution in [2.24, 2.45) is 0 Å². The first kappa shape index (κ1) is 22.1. The van der Waals surface area contributed by atoms with Crippen molar-refractivity contribution < 1.29 is 14.3 Å². The Morgan fingerprint density at radius 1 is 1.09 bits per heavy atom. The van der Waals surface area contributed by atoms with E-state index >= 15 is 0 Å². The number of carbonyl (C=O) groups excluding carboxylic acids is 1. The van der Waals surface area contributed by atoms with Crippen LogP contribution in [0.1, 0.15) is 0 Å². The molecule has 1 fully saturated rings. The molecule has 0 unspecified atom stereocenters. The van der Waals surface area contributed by atoms with Crippen LogP contribution in [0.4, 0.5) is 10.8 Å². The summed E-state index contributed by atoms with van der Waals surface area (Å²) in [5.41, 5.74) is 1.94. The van der Waals surface area contributed by atoms with E-state index in [1.165, 1.54) is 23.0 Å². The number of hydrogen-bond acceptors (Lipinski definition) is 8. The monoisotopic (exact) mass is 477 g/mol. The van der Waals surface area contributed by atoms with Crippen LogP contribution in [-0.4, -0.2) is 53.9 Å². The Morgan fingerprint density at radius 3 is 2.59 bits per heavy atom. The molecule has 4 aromatic rings. The molecule has 1 saturated heterocycles. The molecule has 2 aromatic heterocycles. The Morgan fingerprint density at radius 2 is 1.82 bits per heavy atom. The Hall–Kier alpha value is -3.76. The van der Waals surface area contributed by atoms with Gasteiger partial charge in [0.15, 0.2) is 5.13 Å². The van der Waals surface area contributed by atoms with E-state index in [0.29, 0.717) is 53.8 Å². The van der Waals surface area contributed by atoms with E-state index in [1.54, 1.807) is 18.2 Å². The lowest BCUT2D eigenvalue weighted by molar-refractivity contribution is -0.116. The number of fused-ring (bicyclic) bond motifs is 1. The number of thiazole rings is 1. The smallest absolute Gasteiger partial charge is 0.349 e. The molecule has 34 heavy (non-hydrogen) atoms. The van der Waals surface area contributed by atoms with Gasteiger partial charge in [0.05, 0.1) is 26.0 Å². The zero-order chi connectivity index (χ0) is 23.5. The molecule has 0 atom stereocenters. The summed E-state index contributed by atoms with van der Waals surface area (Å²) in [5.74, 6) is 0.182. The third-order valence-corrected chi connectivity index (χ3v) is 6.66. The molecule has 0 spiro atoms. The number of morpholine rings is 1. The lowest BCUT2D eigenvalue weighted by Crippen LogP contribution is -2.36. The number of anilines is 2. The van der Waals surface area contributed by atoms with Crippen LogP contribution in [0.3, 0.4) is 0 Å². The predicted octanol–water partition coefficient (Wildman–Crippen LogP) is 3.00. The van der Waals surface area contributed by atoms with Crippen LogP contribution in [0.15, 0.2) is 59.4 Å². The van der Waals surface area contributed by atoms with Gasteiger partial charge in [0, 0.05) is 18.7 Å². The largest absolute Gasteiger partial charge is 0.495 e. The van der Waals surface area contributed by atoms with Crippen LogP contribution in [0, 0.1) is 0 Å². The van der Waals surface area contributed by atoms with Gasteiger partial charge in [-0.3, -0.25) is 9.36 Å². The number of hydrogen-bond donors (Lipinski definition) is 1. The van der Waals surface area contributed by atoms with Gasteiger partial charge in [-0.05, 0) is 12.1 Å². The molecule has 3 heterocycles. The number of benzene rings is 2. The number of carbonyl (C=O) groups is 1. The molecule has 0 saturated carbocycles. The molecule has 0 aliphatic carbocycles. The second-order valence-electron chi connectivity index (χ2n) is 7.69. The average Bonchev–Trinajstić information content (AvgIpc) is 3.32. The predicted molar refractivity (Wildman–Crippen MR) is 132 cm³/mol. The maximum atomic E-state index is 13.1. The molecule has 0 radical (unpaired) electrons. The molecular weight excluding hydrogens is 454 g/mol. The molecule has 1 aliphatic heterocycles.